The van der Waals surface area contributed by atoms with Crippen LogP contribution in [0.4, 0.5) is 0 Å². The largest absolute Gasteiger partial charge is 0.482 e. The molecule has 0 aliphatic heterocycles. The Kier molecular flexibility index (Phi) is 6.22. The fraction of sp³-hybridized carbons (Fsp3) is 0.500. The second kappa shape index (κ2) is 7.71. The average molecular weight is 251 g/mol. The van der Waals surface area contributed by atoms with Crippen LogP contribution >= 0.6 is 0 Å². The maximum absolute atomic E-state index is 11.2. The van der Waals surface area contributed by atoms with Crippen molar-refractivity contribution >= 4 is 5.97 Å². The van der Waals surface area contributed by atoms with Crippen LogP contribution in [-0.4, -0.2) is 25.2 Å². The van der Waals surface area contributed by atoms with Crippen LogP contribution in [0.1, 0.15) is 26.3 Å². The summed E-state index contributed by atoms with van der Waals surface area (Å²) < 4.78 is 10.2. The van der Waals surface area contributed by atoms with Gasteiger partial charge in [-0.1, -0.05) is 26.0 Å². The number of benzene rings is 1. The molecule has 4 nitrogen and oxygen atoms in total. The lowest BCUT2D eigenvalue weighted by Crippen LogP contribution is -2.21. The van der Waals surface area contributed by atoms with Crippen LogP contribution in [0.5, 0.6) is 5.75 Å². The Labute approximate surface area is 108 Å². The third-order valence-corrected chi connectivity index (χ3v) is 2.27. The second-order valence-electron chi connectivity index (χ2n) is 4.28. The molecule has 0 spiro atoms. The lowest BCUT2D eigenvalue weighted by atomic mass is 10.2. The molecule has 1 aromatic rings. The van der Waals surface area contributed by atoms with E-state index in [1.54, 1.807) is 6.92 Å². The van der Waals surface area contributed by atoms with Gasteiger partial charge in [-0.25, -0.2) is 4.79 Å². The van der Waals surface area contributed by atoms with Crippen molar-refractivity contribution in [2.75, 3.05) is 13.2 Å². The number of carbonyl (C=O) groups excluding carboxylic acids is 1. The van der Waals surface area contributed by atoms with Crippen LogP contribution in [0.3, 0.4) is 0 Å². The maximum Gasteiger partial charge on any atom is 0.344 e. The Balaban J connectivity index is 2.46. The molecule has 100 valence electrons. The molecular weight excluding hydrogens is 230 g/mol. The van der Waals surface area contributed by atoms with Crippen molar-refractivity contribution in [1.29, 1.82) is 0 Å². The van der Waals surface area contributed by atoms with Crippen molar-refractivity contribution in [1.82, 2.24) is 5.32 Å². The minimum atomic E-state index is -0.344. The summed E-state index contributed by atoms with van der Waals surface area (Å²) in [4.78, 5) is 11.2. The smallest absolute Gasteiger partial charge is 0.344 e. The van der Waals surface area contributed by atoms with Crippen molar-refractivity contribution < 1.29 is 14.3 Å². The molecule has 0 atom stereocenters. The topological polar surface area (TPSA) is 47.6 Å². The van der Waals surface area contributed by atoms with E-state index in [0.717, 1.165) is 12.1 Å². The summed E-state index contributed by atoms with van der Waals surface area (Å²) >= 11 is 0. The van der Waals surface area contributed by atoms with Crippen LogP contribution in [0.2, 0.25) is 0 Å². The van der Waals surface area contributed by atoms with E-state index in [4.69, 9.17) is 9.47 Å². The van der Waals surface area contributed by atoms with Crippen LogP contribution in [-0.2, 0) is 16.1 Å². The Bertz CT molecular complexity index is 377. The van der Waals surface area contributed by atoms with E-state index in [1.165, 1.54) is 0 Å². The predicted octanol–water partition coefficient (Wildman–Crippen LogP) is 2.13. The third kappa shape index (κ3) is 5.68. The molecule has 0 aromatic heterocycles. The Morgan fingerprint density at radius 1 is 1.39 bits per heavy atom. The van der Waals surface area contributed by atoms with Gasteiger partial charge in [-0.05, 0) is 24.6 Å². The molecule has 0 fully saturated rings. The third-order valence-electron chi connectivity index (χ3n) is 2.27. The van der Waals surface area contributed by atoms with Gasteiger partial charge in [0.05, 0.1) is 6.61 Å². The average Bonchev–Trinajstić information content (AvgIpc) is 2.35. The van der Waals surface area contributed by atoms with Crippen LogP contribution in [0.15, 0.2) is 24.3 Å². The first kappa shape index (κ1) is 14.5. The minimum Gasteiger partial charge on any atom is -0.482 e. The van der Waals surface area contributed by atoms with Crippen LogP contribution < -0.4 is 10.1 Å². The summed E-state index contributed by atoms with van der Waals surface area (Å²) in [6.45, 7) is 7.09. The van der Waals surface area contributed by atoms with E-state index >= 15 is 0 Å². The van der Waals surface area contributed by atoms with Crippen molar-refractivity contribution in [3.63, 3.8) is 0 Å². The molecule has 0 bridgehead atoms. The lowest BCUT2D eigenvalue weighted by molar-refractivity contribution is -0.145. The quantitative estimate of drug-likeness (QED) is 0.754. The molecule has 0 radical (unpaired) electrons. The molecule has 4 heteroatoms. The number of nitrogens with one attached hydrogen (secondary N) is 1. The first-order chi connectivity index (χ1) is 8.61. The molecule has 0 heterocycles. The fourth-order valence-corrected chi connectivity index (χ4v) is 1.41. The Morgan fingerprint density at radius 2 is 2.17 bits per heavy atom. The summed E-state index contributed by atoms with van der Waals surface area (Å²) in [5, 5.41) is 3.33. The number of hydrogen-bond donors (Lipinski definition) is 1. The second-order valence-corrected chi connectivity index (χ2v) is 4.28. The van der Waals surface area contributed by atoms with E-state index in [1.807, 2.05) is 24.3 Å². The highest BCUT2D eigenvalue weighted by Gasteiger charge is 2.03. The van der Waals surface area contributed by atoms with Crippen molar-refractivity contribution in [3.05, 3.63) is 29.8 Å². The fourth-order valence-electron chi connectivity index (χ4n) is 1.41. The number of esters is 1. The molecule has 1 N–H and O–H groups in total. The van der Waals surface area contributed by atoms with Gasteiger partial charge in [0.15, 0.2) is 6.61 Å². The van der Waals surface area contributed by atoms with Crippen molar-refractivity contribution in [3.8, 4) is 5.75 Å². The molecule has 0 saturated heterocycles. The first-order valence-electron chi connectivity index (χ1n) is 6.22. The number of carbonyl (C=O) groups is 1. The lowest BCUT2D eigenvalue weighted by Gasteiger charge is -2.10. The van der Waals surface area contributed by atoms with Crippen molar-refractivity contribution in [2.24, 2.45) is 0 Å². The number of ether oxygens (including phenoxy) is 2. The van der Waals surface area contributed by atoms with Gasteiger partial charge in [0, 0.05) is 12.6 Å². The van der Waals surface area contributed by atoms with E-state index in [-0.39, 0.29) is 12.6 Å². The number of hydrogen-bond acceptors (Lipinski definition) is 4. The molecule has 0 unspecified atom stereocenters. The minimum absolute atomic E-state index is 0.0467. The molecule has 18 heavy (non-hydrogen) atoms. The summed E-state index contributed by atoms with van der Waals surface area (Å²) in [5.41, 5.74) is 1.13. The Hall–Kier alpha value is -1.55. The molecule has 1 rings (SSSR count). The van der Waals surface area contributed by atoms with E-state index < -0.39 is 0 Å². The summed E-state index contributed by atoms with van der Waals surface area (Å²) in [5.74, 6) is 0.342. The summed E-state index contributed by atoms with van der Waals surface area (Å²) in [7, 11) is 0. The van der Waals surface area contributed by atoms with Gasteiger partial charge in [0.1, 0.15) is 5.75 Å². The zero-order valence-electron chi connectivity index (χ0n) is 11.2. The Morgan fingerprint density at radius 3 is 2.83 bits per heavy atom. The van der Waals surface area contributed by atoms with Gasteiger partial charge in [0.2, 0.25) is 0 Å². The van der Waals surface area contributed by atoms with Gasteiger partial charge in [-0.15, -0.1) is 0 Å². The highest BCUT2D eigenvalue weighted by molar-refractivity contribution is 5.71. The van der Waals surface area contributed by atoms with E-state index in [0.29, 0.717) is 18.4 Å². The van der Waals surface area contributed by atoms with Gasteiger partial charge in [-0.3, -0.25) is 0 Å². The highest BCUT2D eigenvalue weighted by atomic mass is 16.6. The molecule has 0 saturated carbocycles. The predicted molar refractivity (Wildman–Crippen MR) is 70.5 cm³/mol. The molecular formula is C14H21NO3. The highest BCUT2D eigenvalue weighted by Crippen LogP contribution is 2.13. The standard InChI is InChI=1S/C14H21NO3/c1-4-17-14(16)10-18-13-7-5-6-12(8-13)9-15-11(2)3/h5-8,11,15H,4,9-10H2,1-3H3. The van der Waals surface area contributed by atoms with E-state index in [2.05, 4.69) is 19.2 Å². The molecule has 0 aliphatic carbocycles. The zero-order valence-corrected chi connectivity index (χ0v) is 11.2. The monoisotopic (exact) mass is 251 g/mol. The summed E-state index contributed by atoms with van der Waals surface area (Å²) in [6, 6.07) is 8.13. The zero-order chi connectivity index (χ0) is 13.4. The van der Waals surface area contributed by atoms with Gasteiger partial charge in [0.25, 0.3) is 0 Å². The van der Waals surface area contributed by atoms with E-state index in [9.17, 15) is 4.79 Å². The van der Waals surface area contributed by atoms with Crippen LogP contribution in [0.25, 0.3) is 0 Å². The normalized spacial score (nSPS) is 10.4. The summed E-state index contributed by atoms with van der Waals surface area (Å²) in [6.07, 6.45) is 0. The van der Waals surface area contributed by atoms with Gasteiger partial charge < -0.3 is 14.8 Å². The molecule has 1 aromatic carbocycles. The number of rotatable bonds is 7. The van der Waals surface area contributed by atoms with Crippen LogP contribution in [0, 0.1) is 0 Å². The first-order valence-corrected chi connectivity index (χ1v) is 6.22. The van der Waals surface area contributed by atoms with Crippen molar-refractivity contribution in [2.45, 2.75) is 33.4 Å². The molecule has 0 aliphatic rings. The SMILES string of the molecule is CCOC(=O)COc1cccc(CNC(C)C)c1. The molecule has 0 amide bonds. The van der Waals surface area contributed by atoms with Gasteiger partial charge in [-0.2, -0.15) is 0 Å². The van der Waals surface area contributed by atoms with Gasteiger partial charge >= 0.3 is 5.97 Å². The maximum atomic E-state index is 11.2.